The summed E-state index contributed by atoms with van der Waals surface area (Å²) in [6.45, 7) is 2.74. The normalized spacial score (nSPS) is 19.6. The van der Waals surface area contributed by atoms with Crippen molar-refractivity contribution in [3.05, 3.63) is 42.0 Å². The summed E-state index contributed by atoms with van der Waals surface area (Å²) in [5, 5.41) is 4.52. The molecule has 1 aromatic heterocycles. The van der Waals surface area contributed by atoms with Gasteiger partial charge in [0.15, 0.2) is 5.82 Å². The van der Waals surface area contributed by atoms with Crippen molar-refractivity contribution in [1.29, 1.82) is 0 Å². The van der Waals surface area contributed by atoms with Gasteiger partial charge in [0.05, 0.1) is 0 Å². The molecular formula is C16H19N3O2S. The molecule has 0 bridgehead atoms. The summed E-state index contributed by atoms with van der Waals surface area (Å²) in [4.78, 5) is 18.5. The molecule has 0 radical (unpaired) electrons. The average molecular weight is 317 g/mol. The van der Waals surface area contributed by atoms with Gasteiger partial charge in [0.2, 0.25) is 11.8 Å². The summed E-state index contributed by atoms with van der Waals surface area (Å²) < 4.78 is 5.32. The van der Waals surface area contributed by atoms with Crippen molar-refractivity contribution in [3.63, 3.8) is 0 Å². The fourth-order valence-corrected chi connectivity index (χ4v) is 2.89. The van der Waals surface area contributed by atoms with Gasteiger partial charge in [-0.25, -0.2) is 0 Å². The van der Waals surface area contributed by atoms with Crippen LogP contribution in [0, 0.1) is 0 Å². The average Bonchev–Trinajstić information content (AvgIpc) is 3.14. The standard InChI is InChI=1S/C16H19N3O2S/c1-11(22-2)8-14-17-16(18-21-14)12-9-15(20)19(10-12)13-6-4-3-5-7-13/h3-7,11-12H,8-10H2,1-2H3/t11-,12-/m1/s1. The van der Waals surface area contributed by atoms with E-state index >= 15 is 0 Å². The lowest BCUT2D eigenvalue weighted by molar-refractivity contribution is -0.117. The van der Waals surface area contributed by atoms with Crippen molar-refractivity contribution in [2.75, 3.05) is 17.7 Å². The Labute approximate surface area is 134 Å². The first-order valence-corrected chi connectivity index (χ1v) is 8.67. The van der Waals surface area contributed by atoms with Gasteiger partial charge in [-0.15, -0.1) is 0 Å². The topological polar surface area (TPSA) is 59.2 Å². The minimum Gasteiger partial charge on any atom is -0.339 e. The highest BCUT2D eigenvalue weighted by molar-refractivity contribution is 7.99. The maximum Gasteiger partial charge on any atom is 0.227 e. The third-order valence-electron chi connectivity index (χ3n) is 3.91. The predicted molar refractivity (Wildman–Crippen MR) is 87.1 cm³/mol. The van der Waals surface area contributed by atoms with E-state index in [1.807, 2.05) is 30.3 Å². The van der Waals surface area contributed by atoms with E-state index in [4.69, 9.17) is 4.52 Å². The number of hydrogen-bond donors (Lipinski definition) is 0. The van der Waals surface area contributed by atoms with E-state index in [1.54, 1.807) is 16.7 Å². The number of amides is 1. The van der Waals surface area contributed by atoms with Crippen molar-refractivity contribution in [3.8, 4) is 0 Å². The number of para-hydroxylation sites is 1. The third kappa shape index (κ3) is 3.16. The number of carbonyl (C=O) groups is 1. The maximum atomic E-state index is 12.2. The summed E-state index contributed by atoms with van der Waals surface area (Å²) in [7, 11) is 0. The lowest BCUT2D eigenvalue weighted by Crippen LogP contribution is -2.24. The van der Waals surface area contributed by atoms with Gasteiger partial charge in [0.1, 0.15) is 0 Å². The molecule has 1 aromatic carbocycles. The van der Waals surface area contributed by atoms with Crippen LogP contribution in [0.1, 0.15) is 31.0 Å². The van der Waals surface area contributed by atoms with Crippen LogP contribution in [0.5, 0.6) is 0 Å². The first-order valence-electron chi connectivity index (χ1n) is 7.38. The second kappa shape index (κ2) is 6.52. The van der Waals surface area contributed by atoms with Crippen LogP contribution < -0.4 is 4.90 Å². The predicted octanol–water partition coefficient (Wildman–Crippen LogP) is 2.88. The number of benzene rings is 1. The van der Waals surface area contributed by atoms with Crippen molar-refractivity contribution >= 4 is 23.4 Å². The first-order chi connectivity index (χ1) is 10.7. The molecule has 3 rings (SSSR count). The van der Waals surface area contributed by atoms with Gasteiger partial charge in [0.25, 0.3) is 0 Å². The lowest BCUT2D eigenvalue weighted by Gasteiger charge is -2.15. The number of nitrogens with zero attached hydrogens (tertiary/aromatic N) is 3. The highest BCUT2D eigenvalue weighted by Gasteiger charge is 2.34. The zero-order valence-electron chi connectivity index (χ0n) is 12.7. The van der Waals surface area contributed by atoms with E-state index in [9.17, 15) is 4.79 Å². The van der Waals surface area contributed by atoms with E-state index in [0.29, 0.717) is 29.9 Å². The van der Waals surface area contributed by atoms with Gasteiger partial charge < -0.3 is 9.42 Å². The lowest BCUT2D eigenvalue weighted by atomic mass is 10.1. The molecule has 2 heterocycles. The molecule has 1 saturated heterocycles. The molecule has 0 aliphatic carbocycles. The van der Waals surface area contributed by atoms with Gasteiger partial charge in [0, 0.05) is 36.2 Å². The van der Waals surface area contributed by atoms with Gasteiger partial charge >= 0.3 is 0 Å². The summed E-state index contributed by atoms with van der Waals surface area (Å²) in [6, 6.07) is 9.71. The number of thioether (sulfide) groups is 1. The molecule has 0 N–H and O–H groups in total. The third-order valence-corrected chi connectivity index (χ3v) is 4.88. The molecule has 6 heteroatoms. The van der Waals surface area contributed by atoms with Gasteiger partial charge in [-0.1, -0.05) is 30.3 Å². The zero-order valence-corrected chi connectivity index (χ0v) is 13.5. The van der Waals surface area contributed by atoms with Gasteiger partial charge in [-0.3, -0.25) is 4.79 Å². The molecule has 1 aliphatic rings. The quantitative estimate of drug-likeness (QED) is 0.848. The van der Waals surface area contributed by atoms with Crippen LogP contribution >= 0.6 is 11.8 Å². The minimum atomic E-state index is 0.00907. The molecule has 0 saturated carbocycles. The van der Waals surface area contributed by atoms with Crippen LogP contribution in [-0.2, 0) is 11.2 Å². The molecule has 2 atom stereocenters. The molecule has 22 heavy (non-hydrogen) atoms. The largest absolute Gasteiger partial charge is 0.339 e. The van der Waals surface area contributed by atoms with E-state index in [-0.39, 0.29) is 11.8 Å². The molecule has 1 aliphatic heterocycles. The molecule has 1 fully saturated rings. The Kier molecular flexibility index (Phi) is 4.47. The summed E-state index contributed by atoms with van der Waals surface area (Å²) in [6.07, 6.45) is 3.26. The Morgan fingerprint density at radius 3 is 2.91 bits per heavy atom. The van der Waals surface area contributed by atoms with E-state index in [0.717, 1.165) is 12.1 Å². The first kappa shape index (κ1) is 15.1. The molecule has 1 amide bonds. The number of aromatic nitrogens is 2. The highest BCUT2D eigenvalue weighted by Crippen LogP contribution is 2.30. The second-order valence-corrected chi connectivity index (χ2v) is 6.81. The van der Waals surface area contributed by atoms with Crippen molar-refractivity contribution in [1.82, 2.24) is 10.1 Å². The Morgan fingerprint density at radius 2 is 2.18 bits per heavy atom. The zero-order chi connectivity index (χ0) is 15.5. The Morgan fingerprint density at radius 1 is 1.41 bits per heavy atom. The van der Waals surface area contributed by atoms with E-state index in [1.165, 1.54) is 0 Å². The number of anilines is 1. The van der Waals surface area contributed by atoms with E-state index in [2.05, 4.69) is 23.3 Å². The van der Waals surface area contributed by atoms with Gasteiger partial charge in [-0.05, 0) is 18.4 Å². The molecule has 0 spiro atoms. The van der Waals surface area contributed by atoms with Crippen molar-refractivity contribution in [2.24, 2.45) is 0 Å². The monoisotopic (exact) mass is 317 g/mol. The van der Waals surface area contributed by atoms with Crippen LogP contribution in [-0.4, -0.2) is 34.1 Å². The van der Waals surface area contributed by atoms with Crippen LogP contribution in [0.25, 0.3) is 0 Å². The molecule has 116 valence electrons. The molecular weight excluding hydrogens is 298 g/mol. The van der Waals surface area contributed by atoms with Crippen molar-refractivity contribution in [2.45, 2.75) is 30.9 Å². The van der Waals surface area contributed by atoms with Crippen LogP contribution in [0.2, 0.25) is 0 Å². The highest BCUT2D eigenvalue weighted by atomic mass is 32.2. The smallest absolute Gasteiger partial charge is 0.227 e. The van der Waals surface area contributed by atoms with Crippen molar-refractivity contribution < 1.29 is 9.32 Å². The molecule has 0 unspecified atom stereocenters. The summed E-state index contributed by atoms with van der Waals surface area (Å²) in [5.74, 6) is 1.42. The Bertz CT molecular complexity index is 644. The fraction of sp³-hybridized carbons (Fsp3) is 0.438. The number of carbonyl (C=O) groups excluding carboxylic acids is 1. The van der Waals surface area contributed by atoms with Crippen LogP contribution in [0.15, 0.2) is 34.9 Å². The second-order valence-electron chi connectivity index (χ2n) is 5.54. The summed E-state index contributed by atoms with van der Waals surface area (Å²) in [5.41, 5.74) is 0.926. The minimum absolute atomic E-state index is 0.00907. The van der Waals surface area contributed by atoms with Crippen LogP contribution in [0.3, 0.4) is 0 Å². The van der Waals surface area contributed by atoms with Crippen LogP contribution in [0.4, 0.5) is 5.69 Å². The number of rotatable bonds is 5. The molecule has 2 aromatic rings. The summed E-state index contributed by atoms with van der Waals surface area (Å²) >= 11 is 1.77. The van der Waals surface area contributed by atoms with E-state index < -0.39 is 0 Å². The fourth-order valence-electron chi connectivity index (χ4n) is 2.58. The Balaban J connectivity index is 1.71. The maximum absolute atomic E-state index is 12.2. The Hall–Kier alpha value is -1.82. The molecule has 5 nitrogen and oxygen atoms in total. The van der Waals surface area contributed by atoms with Gasteiger partial charge in [-0.2, -0.15) is 16.7 Å². The SMILES string of the molecule is CS[C@H](C)Cc1nc([C@@H]2CC(=O)N(c3ccccc3)C2)no1. The number of hydrogen-bond acceptors (Lipinski definition) is 5.